The van der Waals surface area contributed by atoms with Crippen molar-refractivity contribution in [3.8, 4) is 0 Å². The highest BCUT2D eigenvalue weighted by atomic mass is 16.2. The molecule has 0 aliphatic carbocycles. The minimum absolute atomic E-state index is 0.256. The van der Waals surface area contributed by atoms with Crippen molar-refractivity contribution in [2.45, 2.75) is 32.7 Å². The van der Waals surface area contributed by atoms with Gasteiger partial charge in [0.25, 0.3) is 0 Å². The molecule has 0 bridgehead atoms. The van der Waals surface area contributed by atoms with Gasteiger partial charge in [-0.2, -0.15) is 0 Å². The van der Waals surface area contributed by atoms with Gasteiger partial charge in [0, 0.05) is 56.4 Å². The summed E-state index contributed by atoms with van der Waals surface area (Å²) in [5.74, 6) is 0.256. The van der Waals surface area contributed by atoms with Crippen molar-refractivity contribution in [3.63, 3.8) is 0 Å². The Hall–Kier alpha value is -1.81. The van der Waals surface area contributed by atoms with Gasteiger partial charge in [-0.1, -0.05) is 18.2 Å². The Bertz CT molecular complexity index is 689. The van der Waals surface area contributed by atoms with E-state index < -0.39 is 0 Å². The van der Waals surface area contributed by atoms with Crippen molar-refractivity contribution in [2.75, 3.05) is 26.2 Å². The molecule has 124 valence electrons. The quantitative estimate of drug-likeness (QED) is 0.871. The minimum Gasteiger partial charge on any atom is -0.350 e. The molecule has 0 unspecified atom stereocenters. The number of carbonyl (C=O) groups excluding carboxylic acids is 1. The first-order valence-electron chi connectivity index (χ1n) is 8.61. The van der Waals surface area contributed by atoms with Crippen LogP contribution in [0.3, 0.4) is 0 Å². The molecular formula is C19H27N3O. The molecule has 3 rings (SSSR count). The maximum Gasteiger partial charge on any atom is 0.227 e. The van der Waals surface area contributed by atoms with Crippen LogP contribution < -0.4 is 0 Å². The van der Waals surface area contributed by atoms with Crippen molar-refractivity contribution in [2.24, 2.45) is 7.05 Å². The Morgan fingerprint density at radius 3 is 2.70 bits per heavy atom. The summed E-state index contributed by atoms with van der Waals surface area (Å²) in [5.41, 5.74) is 2.33. The van der Waals surface area contributed by atoms with Crippen LogP contribution in [0.1, 0.15) is 25.8 Å². The first-order valence-corrected chi connectivity index (χ1v) is 8.61. The molecular weight excluding hydrogens is 286 g/mol. The number of aryl methyl sites for hydroxylation is 1. The summed E-state index contributed by atoms with van der Waals surface area (Å²) in [6, 6.07) is 8.87. The van der Waals surface area contributed by atoms with E-state index in [1.165, 1.54) is 10.9 Å². The summed E-state index contributed by atoms with van der Waals surface area (Å²) in [6.07, 6.45) is 3.67. The standard InChI is InChI=1S/C19H27N3O/c1-15(2)21-9-6-10-22(12-11-21)19(23)13-16-14-20(3)18-8-5-4-7-17(16)18/h4-5,7-8,14-15H,6,9-13H2,1-3H3. The van der Waals surface area contributed by atoms with Gasteiger partial charge in [-0.05, 0) is 31.9 Å². The second-order valence-corrected chi connectivity index (χ2v) is 6.82. The summed E-state index contributed by atoms with van der Waals surface area (Å²) < 4.78 is 2.11. The Balaban J connectivity index is 1.71. The molecule has 0 saturated carbocycles. The van der Waals surface area contributed by atoms with Crippen LogP contribution in [0.15, 0.2) is 30.5 Å². The van der Waals surface area contributed by atoms with Crippen molar-refractivity contribution < 1.29 is 4.79 Å². The van der Waals surface area contributed by atoms with Gasteiger partial charge in [-0.15, -0.1) is 0 Å². The van der Waals surface area contributed by atoms with Crippen molar-refractivity contribution in [1.29, 1.82) is 0 Å². The number of para-hydroxylation sites is 1. The molecule has 1 saturated heterocycles. The number of hydrogen-bond acceptors (Lipinski definition) is 2. The van der Waals surface area contributed by atoms with Gasteiger partial charge in [-0.25, -0.2) is 0 Å². The monoisotopic (exact) mass is 313 g/mol. The second kappa shape index (κ2) is 6.75. The van der Waals surface area contributed by atoms with Gasteiger partial charge >= 0.3 is 0 Å². The number of hydrogen-bond donors (Lipinski definition) is 0. The third kappa shape index (κ3) is 3.42. The number of carbonyl (C=O) groups is 1. The molecule has 0 spiro atoms. The third-order valence-corrected chi connectivity index (χ3v) is 4.93. The number of nitrogens with zero attached hydrogens (tertiary/aromatic N) is 3. The van der Waals surface area contributed by atoms with Gasteiger partial charge in [-0.3, -0.25) is 9.69 Å². The van der Waals surface area contributed by atoms with E-state index in [9.17, 15) is 4.79 Å². The van der Waals surface area contributed by atoms with Crippen LogP contribution in [-0.2, 0) is 18.3 Å². The Morgan fingerprint density at radius 2 is 1.91 bits per heavy atom. The molecule has 2 aromatic rings. The van der Waals surface area contributed by atoms with E-state index in [1.54, 1.807) is 0 Å². The molecule has 2 heterocycles. The summed E-state index contributed by atoms with van der Waals surface area (Å²) in [7, 11) is 2.04. The van der Waals surface area contributed by atoms with E-state index in [0.717, 1.165) is 38.2 Å². The van der Waals surface area contributed by atoms with Crippen LogP contribution in [0.2, 0.25) is 0 Å². The molecule has 0 radical (unpaired) electrons. The zero-order valence-corrected chi connectivity index (χ0v) is 14.5. The summed E-state index contributed by atoms with van der Waals surface area (Å²) in [5, 5.41) is 1.20. The van der Waals surface area contributed by atoms with Gasteiger partial charge in [0.1, 0.15) is 0 Å². The van der Waals surface area contributed by atoms with E-state index in [4.69, 9.17) is 0 Å². The van der Waals surface area contributed by atoms with E-state index >= 15 is 0 Å². The van der Waals surface area contributed by atoms with Crippen molar-refractivity contribution in [1.82, 2.24) is 14.4 Å². The second-order valence-electron chi connectivity index (χ2n) is 6.82. The highest BCUT2D eigenvalue weighted by Gasteiger charge is 2.21. The lowest BCUT2D eigenvalue weighted by atomic mass is 10.1. The van der Waals surface area contributed by atoms with Crippen LogP contribution in [0.4, 0.5) is 0 Å². The first kappa shape index (κ1) is 16.1. The fraction of sp³-hybridized carbons (Fsp3) is 0.526. The van der Waals surface area contributed by atoms with Crippen molar-refractivity contribution in [3.05, 3.63) is 36.0 Å². The van der Waals surface area contributed by atoms with E-state index in [1.807, 2.05) is 24.1 Å². The zero-order chi connectivity index (χ0) is 16.4. The fourth-order valence-corrected chi connectivity index (χ4v) is 3.54. The average molecular weight is 313 g/mol. The summed E-state index contributed by atoms with van der Waals surface area (Å²) in [6.45, 7) is 8.27. The number of aromatic nitrogens is 1. The zero-order valence-electron chi connectivity index (χ0n) is 14.5. The van der Waals surface area contributed by atoms with Crippen LogP contribution in [0.25, 0.3) is 10.9 Å². The normalized spacial score (nSPS) is 17.0. The Morgan fingerprint density at radius 1 is 1.13 bits per heavy atom. The lowest BCUT2D eigenvalue weighted by Gasteiger charge is -2.24. The van der Waals surface area contributed by atoms with Gasteiger partial charge in [0.15, 0.2) is 0 Å². The lowest BCUT2D eigenvalue weighted by molar-refractivity contribution is -0.130. The van der Waals surface area contributed by atoms with E-state index in [-0.39, 0.29) is 5.91 Å². The molecule has 1 aromatic carbocycles. The molecule has 1 aliphatic rings. The van der Waals surface area contributed by atoms with E-state index in [2.05, 4.69) is 41.6 Å². The lowest BCUT2D eigenvalue weighted by Crippen LogP contribution is -2.37. The molecule has 0 N–H and O–H groups in total. The van der Waals surface area contributed by atoms with Crippen LogP contribution >= 0.6 is 0 Å². The summed E-state index contributed by atoms with van der Waals surface area (Å²) in [4.78, 5) is 17.3. The van der Waals surface area contributed by atoms with Crippen LogP contribution in [-0.4, -0.2) is 52.5 Å². The van der Waals surface area contributed by atoms with Gasteiger partial charge in [0.05, 0.1) is 6.42 Å². The number of benzene rings is 1. The third-order valence-electron chi connectivity index (χ3n) is 4.93. The molecule has 0 atom stereocenters. The highest BCUT2D eigenvalue weighted by molar-refractivity contribution is 5.89. The van der Waals surface area contributed by atoms with Crippen LogP contribution in [0, 0.1) is 0 Å². The fourth-order valence-electron chi connectivity index (χ4n) is 3.54. The molecule has 4 nitrogen and oxygen atoms in total. The minimum atomic E-state index is 0.256. The molecule has 4 heteroatoms. The van der Waals surface area contributed by atoms with Gasteiger partial charge in [0.2, 0.25) is 5.91 Å². The number of amides is 1. The molecule has 1 fully saturated rings. The Labute approximate surface area is 138 Å². The highest BCUT2D eigenvalue weighted by Crippen LogP contribution is 2.21. The maximum atomic E-state index is 12.7. The summed E-state index contributed by atoms with van der Waals surface area (Å²) >= 11 is 0. The first-order chi connectivity index (χ1) is 11.1. The molecule has 23 heavy (non-hydrogen) atoms. The largest absolute Gasteiger partial charge is 0.350 e. The van der Waals surface area contributed by atoms with Gasteiger partial charge < -0.3 is 9.47 Å². The topological polar surface area (TPSA) is 28.5 Å². The average Bonchev–Trinajstić information content (AvgIpc) is 2.73. The predicted molar refractivity (Wildman–Crippen MR) is 94.5 cm³/mol. The maximum absolute atomic E-state index is 12.7. The van der Waals surface area contributed by atoms with Crippen LogP contribution in [0.5, 0.6) is 0 Å². The molecule has 1 aromatic heterocycles. The SMILES string of the molecule is CC(C)N1CCCN(C(=O)Cc2cn(C)c3ccccc23)CC1. The predicted octanol–water partition coefficient (Wildman–Crippen LogP) is 2.66. The van der Waals surface area contributed by atoms with E-state index in [0.29, 0.717) is 12.5 Å². The van der Waals surface area contributed by atoms with Crippen molar-refractivity contribution >= 4 is 16.8 Å². The molecule has 1 amide bonds. The number of rotatable bonds is 3. The smallest absolute Gasteiger partial charge is 0.227 e. The number of fused-ring (bicyclic) bond motifs is 1. The Kier molecular flexibility index (Phi) is 4.71. The molecule has 1 aliphatic heterocycles.